The second kappa shape index (κ2) is 4.84. The summed E-state index contributed by atoms with van der Waals surface area (Å²) in [5.41, 5.74) is 1.36. The Kier molecular flexibility index (Phi) is 3.23. The van der Waals surface area contributed by atoms with E-state index in [0.717, 1.165) is 36.0 Å². The number of amidine groups is 1. The van der Waals surface area contributed by atoms with Gasteiger partial charge in [0.2, 0.25) is 0 Å². The van der Waals surface area contributed by atoms with Crippen LogP contribution in [0.25, 0.3) is 0 Å². The van der Waals surface area contributed by atoms with Gasteiger partial charge in [-0.05, 0) is 50.3 Å². The monoisotopic (exact) mass is 250 g/mol. The third-order valence-electron chi connectivity index (χ3n) is 3.74. The molecule has 17 heavy (non-hydrogen) atoms. The molecule has 0 bridgehead atoms. The topological polar surface area (TPSA) is 32.7 Å². The van der Waals surface area contributed by atoms with Crippen molar-refractivity contribution in [1.29, 1.82) is 0 Å². The number of hydrogen-bond donors (Lipinski definition) is 0. The van der Waals surface area contributed by atoms with E-state index < -0.39 is 0 Å². The third-order valence-corrected chi connectivity index (χ3v) is 4.94. The summed E-state index contributed by atoms with van der Waals surface area (Å²) in [4.78, 5) is 19.4. The van der Waals surface area contributed by atoms with E-state index in [-0.39, 0.29) is 5.91 Å². The summed E-state index contributed by atoms with van der Waals surface area (Å²) in [6.45, 7) is 2.14. The molecule has 92 valence electrons. The fourth-order valence-corrected chi connectivity index (χ4v) is 3.87. The lowest BCUT2D eigenvalue weighted by atomic mass is 9.94. The number of carbonyl (C=O) groups excluding carboxylic acids is 1. The molecule has 0 aromatic rings. The summed E-state index contributed by atoms with van der Waals surface area (Å²) in [6, 6.07) is 0. The summed E-state index contributed by atoms with van der Waals surface area (Å²) >= 11 is 1.63. The van der Waals surface area contributed by atoms with Crippen molar-refractivity contribution in [3.8, 4) is 0 Å². The van der Waals surface area contributed by atoms with Crippen molar-refractivity contribution in [1.82, 2.24) is 4.90 Å². The van der Waals surface area contributed by atoms with Crippen LogP contribution in [-0.2, 0) is 4.79 Å². The molecule has 0 spiro atoms. The largest absolute Gasteiger partial charge is 0.351 e. The first kappa shape index (κ1) is 11.3. The van der Waals surface area contributed by atoms with Gasteiger partial charge in [-0.2, -0.15) is 4.99 Å². The van der Waals surface area contributed by atoms with E-state index in [1.54, 1.807) is 11.8 Å². The Morgan fingerprint density at radius 3 is 2.41 bits per heavy atom. The molecule has 1 amide bonds. The molecule has 4 heteroatoms. The van der Waals surface area contributed by atoms with Crippen LogP contribution in [0.5, 0.6) is 0 Å². The van der Waals surface area contributed by atoms with Crippen LogP contribution in [0.4, 0.5) is 0 Å². The highest BCUT2D eigenvalue weighted by atomic mass is 32.2. The number of amides is 1. The molecule has 3 nitrogen and oxygen atoms in total. The molecule has 3 rings (SSSR count). The highest BCUT2D eigenvalue weighted by Crippen LogP contribution is 2.37. The number of aliphatic imine (C=N–C) groups is 1. The number of carbonyl (C=O) groups is 1. The molecule has 0 aromatic carbocycles. The van der Waals surface area contributed by atoms with E-state index in [0.29, 0.717) is 0 Å². The highest BCUT2D eigenvalue weighted by molar-refractivity contribution is 8.18. The lowest BCUT2D eigenvalue weighted by molar-refractivity contribution is -0.113. The maximum absolute atomic E-state index is 11.9. The van der Waals surface area contributed by atoms with E-state index in [1.165, 1.54) is 37.7 Å². The Hall–Kier alpha value is -0.770. The van der Waals surface area contributed by atoms with Crippen molar-refractivity contribution < 1.29 is 4.79 Å². The van der Waals surface area contributed by atoms with Crippen LogP contribution in [0.1, 0.15) is 44.9 Å². The standard InChI is InChI=1S/C13H18N2OS/c16-12-11(10-6-2-1-3-7-10)17-13(14-12)15-8-4-5-9-15/h1-9H2. The van der Waals surface area contributed by atoms with Gasteiger partial charge in [-0.1, -0.05) is 12.0 Å². The molecule has 0 unspecified atom stereocenters. The number of allylic oxidation sites excluding steroid dienone is 1. The van der Waals surface area contributed by atoms with Crippen molar-refractivity contribution in [2.45, 2.75) is 44.9 Å². The van der Waals surface area contributed by atoms with Gasteiger partial charge in [-0.3, -0.25) is 4.79 Å². The minimum absolute atomic E-state index is 0.0220. The van der Waals surface area contributed by atoms with E-state index in [9.17, 15) is 4.79 Å². The van der Waals surface area contributed by atoms with E-state index in [1.807, 2.05) is 0 Å². The number of hydrogen-bond acceptors (Lipinski definition) is 3. The van der Waals surface area contributed by atoms with Crippen molar-refractivity contribution in [3.63, 3.8) is 0 Å². The summed E-state index contributed by atoms with van der Waals surface area (Å²) in [5, 5.41) is 0.959. The van der Waals surface area contributed by atoms with E-state index in [4.69, 9.17) is 0 Å². The van der Waals surface area contributed by atoms with Crippen molar-refractivity contribution in [2.75, 3.05) is 13.1 Å². The first-order chi connectivity index (χ1) is 8.34. The molecule has 1 saturated carbocycles. The number of thioether (sulfide) groups is 1. The number of likely N-dealkylation sites (tertiary alicyclic amines) is 1. The quantitative estimate of drug-likeness (QED) is 0.620. The molecule has 2 fully saturated rings. The minimum atomic E-state index is 0.0220. The van der Waals surface area contributed by atoms with Crippen LogP contribution in [0.15, 0.2) is 15.5 Å². The van der Waals surface area contributed by atoms with Crippen LogP contribution in [-0.4, -0.2) is 29.1 Å². The predicted octanol–water partition coefficient (Wildman–Crippen LogP) is 2.93. The molecule has 3 aliphatic rings. The fraction of sp³-hybridized carbons (Fsp3) is 0.692. The normalized spacial score (nSPS) is 25.8. The zero-order chi connectivity index (χ0) is 11.7. The lowest BCUT2D eigenvalue weighted by Crippen LogP contribution is -2.23. The van der Waals surface area contributed by atoms with E-state index >= 15 is 0 Å². The maximum Gasteiger partial charge on any atom is 0.286 e. The van der Waals surface area contributed by atoms with Gasteiger partial charge in [0.15, 0.2) is 5.17 Å². The predicted molar refractivity (Wildman–Crippen MR) is 71.0 cm³/mol. The van der Waals surface area contributed by atoms with Crippen molar-refractivity contribution >= 4 is 22.8 Å². The van der Waals surface area contributed by atoms with Gasteiger partial charge in [0, 0.05) is 13.1 Å². The molecule has 0 N–H and O–H groups in total. The van der Waals surface area contributed by atoms with Gasteiger partial charge < -0.3 is 4.90 Å². The first-order valence-corrected chi connectivity index (χ1v) is 7.44. The number of rotatable bonds is 0. The SMILES string of the molecule is O=C1N=C(N2CCCC2)SC1=C1CCCCC1. The summed E-state index contributed by atoms with van der Waals surface area (Å²) in [6.07, 6.45) is 8.49. The molecule has 1 aliphatic carbocycles. The smallest absolute Gasteiger partial charge is 0.286 e. The van der Waals surface area contributed by atoms with Crippen molar-refractivity contribution in [2.24, 2.45) is 4.99 Å². The van der Waals surface area contributed by atoms with Gasteiger partial charge >= 0.3 is 0 Å². The zero-order valence-corrected chi connectivity index (χ0v) is 10.9. The molecule has 0 aromatic heterocycles. The third kappa shape index (κ3) is 2.28. The zero-order valence-electron chi connectivity index (χ0n) is 10.1. The molecule has 2 heterocycles. The summed E-state index contributed by atoms with van der Waals surface area (Å²) < 4.78 is 0. The molecule has 2 aliphatic heterocycles. The Morgan fingerprint density at radius 1 is 1.00 bits per heavy atom. The maximum atomic E-state index is 11.9. The Labute approximate surface area is 106 Å². The average Bonchev–Trinajstić information content (AvgIpc) is 2.99. The minimum Gasteiger partial charge on any atom is -0.351 e. The number of nitrogens with zero attached hydrogens (tertiary/aromatic N) is 2. The van der Waals surface area contributed by atoms with Crippen LogP contribution < -0.4 is 0 Å². The summed E-state index contributed by atoms with van der Waals surface area (Å²) in [5.74, 6) is 0.0220. The van der Waals surface area contributed by atoms with Gasteiger partial charge in [0.05, 0.1) is 4.91 Å². The first-order valence-electron chi connectivity index (χ1n) is 6.62. The van der Waals surface area contributed by atoms with Crippen LogP contribution in [0.3, 0.4) is 0 Å². The second-order valence-electron chi connectivity index (χ2n) is 4.99. The van der Waals surface area contributed by atoms with Gasteiger partial charge in [0.1, 0.15) is 0 Å². The molecule has 0 atom stereocenters. The van der Waals surface area contributed by atoms with Gasteiger partial charge in [-0.15, -0.1) is 0 Å². The molecule has 0 radical (unpaired) electrons. The second-order valence-corrected chi connectivity index (χ2v) is 5.97. The van der Waals surface area contributed by atoms with Crippen LogP contribution >= 0.6 is 11.8 Å². The highest BCUT2D eigenvalue weighted by Gasteiger charge is 2.30. The Morgan fingerprint density at radius 2 is 1.71 bits per heavy atom. The molecular formula is C13H18N2OS. The Bertz CT molecular complexity index is 386. The summed E-state index contributed by atoms with van der Waals surface area (Å²) in [7, 11) is 0. The molecule has 1 saturated heterocycles. The lowest BCUT2D eigenvalue weighted by Gasteiger charge is -2.17. The van der Waals surface area contributed by atoms with Gasteiger partial charge in [0.25, 0.3) is 5.91 Å². The van der Waals surface area contributed by atoms with Crippen molar-refractivity contribution in [3.05, 3.63) is 10.5 Å². The van der Waals surface area contributed by atoms with E-state index in [2.05, 4.69) is 9.89 Å². The fourth-order valence-electron chi connectivity index (χ4n) is 2.77. The average molecular weight is 250 g/mol. The Balaban J connectivity index is 1.76. The van der Waals surface area contributed by atoms with Crippen LogP contribution in [0, 0.1) is 0 Å². The molecular weight excluding hydrogens is 232 g/mol. The van der Waals surface area contributed by atoms with Gasteiger partial charge in [-0.25, -0.2) is 0 Å². The van der Waals surface area contributed by atoms with Crippen LogP contribution in [0.2, 0.25) is 0 Å².